The minimum atomic E-state index is -2.89. The van der Waals surface area contributed by atoms with Crippen molar-refractivity contribution in [3.8, 4) is 0 Å². The molecule has 4 rings (SSSR count). The molecule has 1 saturated carbocycles. The molecule has 28 heavy (non-hydrogen) atoms. The highest BCUT2D eigenvalue weighted by Crippen LogP contribution is 2.39. The van der Waals surface area contributed by atoms with E-state index in [-0.39, 0.29) is 25.8 Å². The van der Waals surface area contributed by atoms with Crippen LogP contribution in [0.15, 0.2) is 24.4 Å². The number of aromatic nitrogens is 1. The minimum Gasteiger partial charge on any atom is -0.388 e. The number of aliphatic hydroxyl groups is 1. The van der Waals surface area contributed by atoms with Gasteiger partial charge in [-0.1, -0.05) is 17.7 Å². The molecule has 2 heterocycles. The standard InChI is InChI=1S/C20H24ClF2N3O2/c21-15-3-1-4-16-17(15)14(10-26(16)9-13-7-24-8-13)18(27)25-12-19(28)5-2-6-20(22,23)11-19/h1,3-4,10,13,24,28H,2,5-9,11-12H2,(H,25,27). The van der Waals surface area contributed by atoms with E-state index in [9.17, 15) is 18.7 Å². The van der Waals surface area contributed by atoms with Crippen molar-refractivity contribution in [1.29, 1.82) is 0 Å². The maximum Gasteiger partial charge on any atom is 0.253 e. The third kappa shape index (κ3) is 3.88. The highest BCUT2D eigenvalue weighted by atomic mass is 35.5. The molecule has 0 bridgehead atoms. The first kappa shape index (κ1) is 19.6. The van der Waals surface area contributed by atoms with E-state index in [2.05, 4.69) is 10.6 Å². The second-order valence-corrected chi connectivity index (χ2v) is 8.55. The van der Waals surface area contributed by atoms with Crippen LogP contribution in [0.2, 0.25) is 5.02 Å². The van der Waals surface area contributed by atoms with Gasteiger partial charge in [0.25, 0.3) is 11.8 Å². The smallest absolute Gasteiger partial charge is 0.253 e. The zero-order chi connectivity index (χ0) is 19.9. The molecule has 2 fully saturated rings. The zero-order valence-corrected chi connectivity index (χ0v) is 16.2. The first-order valence-corrected chi connectivity index (χ1v) is 10.0. The van der Waals surface area contributed by atoms with E-state index >= 15 is 0 Å². The summed E-state index contributed by atoms with van der Waals surface area (Å²) in [4.78, 5) is 12.8. The lowest BCUT2D eigenvalue weighted by atomic mass is 9.82. The molecule has 1 aliphatic heterocycles. The van der Waals surface area contributed by atoms with Gasteiger partial charge in [0.15, 0.2) is 0 Å². The summed E-state index contributed by atoms with van der Waals surface area (Å²) in [6.07, 6.45) is 1.41. The van der Waals surface area contributed by atoms with Gasteiger partial charge < -0.3 is 20.3 Å². The minimum absolute atomic E-state index is 0.203. The normalized spacial score (nSPS) is 24.9. The summed E-state index contributed by atoms with van der Waals surface area (Å²) in [7, 11) is 0. The van der Waals surface area contributed by atoms with Crippen molar-refractivity contribution in [1.82, 2.24) is 15.2 Å². The van der Waals surface area contributed by atoms with Gasteiger partial charge in [-0.3, -0.25) is 4.79 Å². The summed E-state index contributed by atoms with van der Waals surface area (Å²) in [5.41, 5.74) is -0.316. The summed E-state index contributed by atoms with van der Waals surface area (Å²) < 4.78 is 29.4. The van der Waals surface area contributed by atoms with Crippen LogP contribution in [0.3, 0.4) is 0 Å². The number of carbonyl (C=O) groups excluding carboxylic acids is 1. The second kappa shape index (κ2) is 7.28. The zero-order valence-electron chi connectivity index (χ0n) is 15.5. The lowest BCUT2D eigenvalue weighted by molar-refractivity contribution is -0.121. The highest BCUT2D eigenvalue weighted by Gasteiger charge is 2.44. The van der Waals surface area contributed by atoms with Crippen molar-refractivity contribution in [3.63, 3.8) is 0 Å². The van der Waals surface area contributed by atoms with Crippen LogP contribution in [-0.4, -0.2) is 46.7 Å². The maximum absolute atomic E-state index is 13.7. The third-order valence-corrected chi connectivity index (χ3v) is 6.09. The molecular weight excluding hydrogens is 388 g/mol. The number of nitrogens with one attached hydrogen (secondary N) is 2. The van der Waals surface area contributed by atoms with Gasteiger partial charge in [0.05, 0.1) is 21.7 Å². The molecule has 1 aromatic heterocycles. The van der Waals surface area contributed by atoms with E-state index < -0.39 is 23.9 Å². The van der Waals surface area contributed by atoms with Gasteiger partial charge in [-0.2, -0.15) is 0 Å². The highest BCUT2D eigenvalue weighted by molar-refractivity contribution is 6.36. The molecule has 1 atom stereocenters. The average molecular weight is 412 g/mol. The number of amides is 1. The summed E-state index contributed by atoms with van der Waals surface area (Å²) in [5, 5.41) is 17.5. The van der Waals surface area contributed by atoms with Crippen LogP contribution >= 0.6 is 11.6 Å². The number of alkyl halides is 2. The van der Waals surface area contributed by atoms with Gasteiger partial charge in [0.2, 0.25) is 0 Å². The van der Waals surface area contributed by atoms with E-state index in [1.165, 1.54) is 0 Å². The molecule has 0 radical (unpaired) electrons. The van der Waals surface area contributed by atoms with Crippen molar-refractivity contribution in [3.05, 3.63) is 35.0 Å². The van der Waals surface area contributed by atoms with E-state index in [1.807, 2.05) is 16.7 Å². The monoisotopic (exact) mass is 411 g/mol. The molecule has 2 aliphatic rings. The van der Waals surface area contributed by atoms with Gasteiger partial charge in [-0.15, -0.1) is 0 Å². The molecule has 1 amide bonds. The predicted octanol–water partition coefficient (Wildman–Crippen LogP) is 3.18. The van der Waals surface area contributed by atoms with Crippen molar-refractivity contribution in [2.24, 2.45) is 5.92 Å². The van der Waals surface area contributed by atoms with Gasteiger partial charge in [-0.05, 0) is 25.0 Å². The van der Waals surface area contributed by atoms with Crippen LogP contribution in [0.4, 0.5) is 8.78 Å². The summed E-state index contributed by atoms with van der Waals surface area (Å²) in [6, 6.07) is 5.49. The van der Waals surface area contributed by atoms with Crippen LogP contribution in [0, 0.1) is 5.92 Å². The third-order valence-electron chi connectivity index (χ3n) is 5.77. The molecular formula is C20H24ClF2N3O2. The van der Waals surface area contributed by atoms with Gasteiger partial charge in [-0.25, -0.2) is 8.78 Å². The topological polar surface area (TPSA) is 66.3 Å². The van der Waals surface area contributed by atoms with E-state index in [0.717, 1.165) is 25.2 Å². The maximum atomic E-state index is 13.7. The molecule has 1 aromatic carbocycles. The van der Waals surface area contributed by atoms with E-state index in [0.29, 0.717) is 21.9 Å². The van der Waals surface area contributed by atoms with Gasteiger partial charge in [0, 0.05) is 56.5 Å². The number of hydrogen-bond acceptors (Lipinski definition) is 3. The number of benzene rings is 1. The molecule has 1 aliphatic carbocycles. The number of hydrogen-bond donors (Lipinski definition) is 3. The van der Waals surface area contributed by atoms with Crippen LogP contribution in [-0.2, 0) is 6.54 Å². The summed E-state index contributed by atoms with van der Waals surface area (Å²) in [6.45, 7) is 2.43. The Morgan fingerprint density at radius 1 is 1.36 bits per heavy atom. The van der Waals surface area contributed by atoms with Crippen LogP contribution in [0.5, 0.6) is 0 Å². The molecule has 0 spiro atoms. The van der Waals surface area contributed by atoms with Crippen LogP contribution in [0.25, 0.3) is 10.9 Å². The van der Waals surface area contributed by atoms with Gasteiger partial charge in [0.1, 0.15) is 0 Å². The summed E-state index contributed by atoms with van der Waals surface area (Å²) >= 11 is 6.36. The molecule has 5 nitrogen and oxygen atoms in total. The molecule has 1 saturated heterocycles. The molecule has 152 valence electrons. The van der Waals surface area contributed by atoms with Crippen molar-refractivity contribution >= 4 is 28.4 Å². The number of rotatable bonds is 5. The fourth-order valence-electron chi connectivity index (χ4n) is 4.21. The first-order chi connectivity index (χ1) is 13.3. The molecule has 1 unspecified atom stereocenters. The number of nitrogens with zero attached hydrogens (tertiary/aromatic N) is 1. The molecule has 8 heteroatoms. The Bertz CT molecular complexity index is 897. The fraction of sp³-hybridized carbons (Fsp3) is 0.550. The average Bonchev–Trinajstić information content (AvgIpc) is 2.95. The second-order valence-electron chi connectivity index (χ2n) is 8.15. The van der Waals surface area contributed by atoms with Crippen molar-refractivity contribution in [2.45, 2.75) is 43.8 Å². The number of carbonyl (C=O) groups is 1. The molecule has 2 aromatic rings. The van der Waals surface area contributed by atoms with Crippen molar-refractivity contribution < 1.29 is 18.7 Å². The largest absolute Gasteiger partial charge is 0.388 e. The lowest BCUT2D eigenvalue weighted by Gasteiger charge is -2.36. The first-order valence-electron chi connectivity index (χ1n) is 9.63. The van der Waals surface area contributed by atoms with Crippen LogP contribution < -0.4 is 10.6 Å². The Kier molecular flexibility index (Phi) is 5.10. The van der Waals surface area contributed by atoms with Crippen LogP contribution in [0.1, 0.15) is 36.0 Å². The predicted molar refractivity (Wildman–Crippen MR) is 104 cm³/mol. The Hall–Kier alpha value is -1.70. The SMILES string of the molecule is O=C(NCC1(O)CCCC(F)(F)C1)c1cn(CC2CNC2)c2cccc(Cl)c12. The van der Waals surface area contributed by atoms with E-state index in [4.69, 9.17) is 11.6 Å². The van der Waals surface area contributed by atoms with Crippen molar-refractivity contribution in [2.75, 3.05) is 19.6 Å². The van der Waals surface area contributed by atoms with Gasteiger partial charge >= 0.3 is 0 Å². The quantitative estimate of drug-likeness (QED) is 0.708. The Morgan fingerprint density at radius 3 is 2.82 bits per heavy atom. The lowest BCUT2D eigenvalue weighted by Crippen LogP contribution is -2.49. The fourth-order valence-corrected chi connectivity index (χ4v) is 4.48. The Balaban J connectivity index is 1.55. The number of halogens is 3. The van der Waals surface area contributed by atoms with E-state index in [1.54, 1.807) is 12.3 Å². The molecule has 3 N–H and O–H groups in total. The Labute approximate surface area is 167 Å². The summed E-state index contributed by atoms with van der Waals surface area (Å²) in [5.74, 6) is -2.81. The number of fused-ring (bicyclic) bond motifs is 1. The Morgan fingerprint density at radius 2 is 2.14 bits per heavy atom.